The van der Waals surface area contributed by atoms with E-state index in [1.807, 2.05) is 0 Å². The fraction of sp³-hybridized carbons (Fsp3) is 0.909. The lowest BCUT2D eigenvalue weighted by Gasteiger charge is -2.51. The second kappa shape index (κ2) is 51.8. The summed E-state index contributed by atoms with van der Waals surface area (Å²) in [5.41, 5.74) is -12.0. The Morgan fingerprint density at radius 1 is 0.160 bits per heavy atom. The van der Waals surface area contributed by atoms with Gasteiger partial charge in [-0.2, -0.15) is 94.1 Å². The number of aliphatic hydroxyl groups excluding tert-OH is 16. The molecule has 0 aliphatic carbocycles. The van der Waals surface area contributed by atoms with Gasteiger partial charge in [-0.3, -0.25) is 38.4 Å². The predicted molar refractivity (Wildman–Crippen MR) is 514 cm³/mol. The van der Waals surface area contributed by atoms with Gasteiger partial charge in [0.05, 0.1) is 92.2 Å². The van der Waals surface area contributed by atoms with Gasteiger partial charge in [-0.25, -0.2) is 0 Å². The molecule has 30 aliphatic heterocycles. The van der Waals surface area contributed by atoms with Gasteiger partial charge in [-0.15, -0.1) is 0 Å². The van der Waals surface area contributed by atoms with Crippen molar-refractivity contribution in [1.82, 2.24) is 0 Å². The van der Waals surface area contributed by atoms with Crippen LogP contribution >= 0.6 is 94.1 Å². The van der Waals surface area contributed by atoms with Crippen LogP contribution in [0.1, 0.15) is 111 Å². The minimum atomic E-state index is -2.37. The number of carbonyl (C=O) groups is 8. The van der Waals surface area contributed by atoms with Crippen LogP contribution in [0.3, 0.4) is 0 Å². The normalized spacial score (nSPS) is 39.2. The van der Waals surface area contributed by atoms with Crippen LogP contribution in [0.25, 0.3) is 0 Å². The third-order valence-electron chi connectivity index (χ3n) is 26.0. The Bertz CT molecular complexity index is 3440. The van der Waals surface area contributed by atoms with Crippen LogP contribution in [0.15, 0.2) is 0 Å². The fourth-order valence-electron chi connectivity index (χ4n) is 15.7. The summed E-state index contributed by atoms with van der Waals surface area (Å²) < 4.78 is 103. The van der Waals surface area contributed by atoms with Crippen molar-refractivity contribution < 1.29 is 237 Å². The van der Waals surface area contributed by atoms with Crippen molar-refractivity contribution in [2.24, 2.45) is 43.3 Å². The average molecular weight is 2230 g/mol. The molecular weight excluding hydrogens is 2080 g/mol. The van der Waals surface area contributed by atoms with Crippen LogP contribution < -0.4 is 0 Å². The molecule has 0 aromatic carbocycles. The summed E-state index contributed by atoms with van der Waals surface area (Å²) in [5, 5.41) is 282. The van der Waals surface area contributed by atoms with E-state index >= 15 is 0 Å². The first-order chi connectivity index (χ1) is 66.6. The third kappa shape index (κ3) is 31.0. The van der Waals surface area contributed by atoms with Crippen LogP contribution in [-0.2, 0) is 114 Å². The maximum Gasteiger partial charge on any atom is 0.309 e. The van der Waals surface area contributed by atoms with Crippen molar-refractivity contribution >= 4 is 142 Å². The van der Waals surface area contributed by atoms with E-state index in [4.69, 9.17) is 75.8 Å². The number of hydrogen-bond acceptors (Lipinski definition) is 48. The molecular formula is C88H144O48S8. The first kappa shape index (κ1) is 125. The van der Waals surface area contributed by atoms with Crippen LogP contribution in [0.2, 0.25) is 0 Å². The highest BCUT2D eigenvalue weighted by atomic mass is 32.2. The van der Waals surface area contributed by atoms with Crippen LogP contribution in [-0.4, -0.2) is 508 Å². The molecule has 48 nitrogen and oxygen atoms in total. The minimum Gasteiger partial charge on any atom is -0.481 e. The first-order valence-corrected chi connectivity index (χ1v) is 55.7. The van der Waals surface area contributed by atoms with Crippen molar-refractivity contribution in [2.45, 2.75) is 356 Å². The van der Waals surface area contributed by atoms with Gasteiger partial charge >= 0.3 is 47.8 Å². The van der Waals surface area contributed by atoms with Crippen molar-refractivity contribution in [1.29, 1.82) is 0 Å². The molecule has 30 rings (SSSR count). The van der Waals surface area contributed by atoms with E-state index in [-0.39, 0.29) is 46.0 Å². The highest BCUT2D eigenvalue weighted by molar-refractivity contribution is 8.00. The largest absolute Gasteiger partial charge is 0.481 e. The second-order valence-electron chi connectivity index (χ2n) is 42.6. The number of aliphatic hydroxyl groups is 16. The molecule has 0 unspecified atom stereocenters. The van der Waals surface area contributed by atoms with Crippen LogP contribution in [0, 0.1) is 43.3 Å². The van der Waals surface area contributed by atoms with E-state index in [1.54, 1.807) is 0 Å². The molecule has 30 aliphatic rings. The molecule has 30 saturated heterocycles. The number of thioether (sulfide) groups is 8. The summed E-state index contributed by atoms with van der Waals surface area (Å²) in [6, 6.07) is 0. The van der Waals surface area contributed by atoms with E-state index in [0.717, 1.165) is 94.1 Å². The monoisotopic (exact) mass is 2220 g/mol. The quantitative estimate of drug-likeness (QED) is 0.0299. The van der Waals surface area contributed by atoms with Gasteiger partial charge in [-0.1, -0.05) is 0 Å². The van der Waals surface area contributed by atoms with Gasteiger partial charge in [0.1, 0.15) is 146 Å². The van der Waals surface area contributed by atoms with Gasteiger partial charge in [0.25, 0.3) is 0 Å². The average Bonchev–Trinajstić information content (AvgIpc) is 0.768. The van der Waals surface area contributed by atoms with Crippen molar-refractivity contribution in [3.05, 3.63) is 0 Å². The Kier molecular flexibility index (Phi) is 44.8. The minimum absolute atomic E-state index is 0.222. The van der Waals surface area contributed by atoms with E-state index in [2.05, 4.69) is 0 Å². The molecule has 0 aromatic heterocycles. The molecule has 30 heterocycles. The second-order valence-corrected chi connectivity index (χ2v) is 50.9. The predicted octanol–water partition coefficient (Wildman–Crippen LogP) is -2.59. The van der Waals surface area contributed by atoms with Gasteiger partial charge in [0, 0.05) is 92.0 Å². The molecule has 40 atom stereocenters. The lowest BCUT2D eigenvalue weighted by atomic mass is 9.95. The molecule has 0 amide bonds. The fourth-order valence-corrected chi connectivity index (χ4v) is 25.8. The zero-order valence-electron chi connectivity index (χ0n) is 82.2. The molecule has 0 aromatic rings. The highest BCUT2D eigenvalue weighted by Crippen LogP contribution is 2.46. The summed E-state index contributed by atoms with van der Waals surface area (Å²) in [6.45, 7) is 22.0. The Morgan fingerprint density at radius 3 is 0.319 bits per heavy atom. The van der Waals surface area contributed by atoms with Gasteiger partial charge in [-0.05, 0) is 111 Å². The number of carboxylic acids is 8. The molecule has 56 heteroatoms. The molecule has 30 fully saturated rings. The molecule has 0 radical (unpaired) electrons. The molecule has 144 heavy (non-hydrogen) atoms. The topological polar surface area (TPSA) is 770 Å². The maximum absolute atomic E-state index is 12.6. The molecule has 0 saturated carbocycles. The van der Waals surface area contributed by atoms with E-state index < -0.39 is 383 Å². The molecule has 16 bridgehead atoms. The summed E-state index contributed by atoms with van der Waals surface area (Å²) in [4.78, 5) is 101. The van der Waals surface area contributed by atoms with Gasteiger partial charge < -0.3 is 198 Å². The van der Waals surface area contributed by atoms with E-state index in [9.17, 15) is 161 Å². The van der Waals surface area contributed by atoms with Gasteiger partial charge in [0.15, 0.2) is 50.3 Å². The standard InChI is InChI=1S/C88H144O48S8/c1-81(2,73(105)106)25-137-17-33-57-41(89)49(97)65(121-33)130-58-34(18-138-26-82(3,4)74(107)108)123-67(51(99)43(58)91)132-60-36(20-140-28-84(7,8)76(111)112)125-69(53(101)45(60)93)134-62-38(22-142-30-86(11,12)78(115)116)127-71(55(103)47(62)95)136-64-40(24-144-32-88(15,16)80(119)120)128-72(56(104)48(64)96)135-63-39(23-143-31-87(13,14)79(117)118)126-70(54(102)46(63)94)133-61-37(21-141-29-85(9,10)77(113)114)124-68(52(100)44(61)92)131-59-35(19-139-27-83(5,6)75(109)110)122-66(129-57)50(98)42(59)90/h33-72,89-104H,17-32H2,1-16H3,(H,105,106)(H,107,108)(H,109,110)(H,111,112)(H,113,114)(H,115,116)(H,117,118)(H,119,120)/t33-,34-,35-,36-,37-,38-,39-,40-,41-,42-,43-,44-,45-,46-,47-,48-,49-,50-,51-,52-,53-,54-,55-,56+,57-,58-,59-,60-,61-,62-,63-,64-,65-,66-,67-,68-,69-,70-,71-,72-/m0/s1. The summed E-state index contributed by atoms with van der Waals surface area (Å²) in [5.74, 6) is -15.4. The van der Waals surface area contributed by atoms with Crippen molar-refractivity contribution in [3.8, 4) is 0 Å². The summed E-state index contributed by atoms with van der Waals surface area (Å²) >= 11 is 7.08. The van der Waals surface area contributed by atoms with E-state index in [0.29, 0.717) is 0 Å². The SMILES string of the molecule is CC(C)(CSC[C@@H]1O[C@H]2O[C@@H]3[C@@H](O)[C@H](O)[C@H](O[C@@H]4[C@@H](O)[C@H](O)[C@H](O[C@@H]5[C@@H](O)[C@H](O)[C@H](O[C@@H]6[C@@H](O)[C@@H](O)[C@H](O[C@@H]7[C@@H](O)[C@H](O)[C@H](O[C@@H]8[C@@H](O)[C@H](O)[C@H](O[C@@H]9[C@@H](O)[C@H](O)[C@H](O[C@@H]1[C@@H](O)[C@@H]2O)O[C@H]9CSCC(C)(C)C(=O)O)O[C@H]8CSCC(C)(C)C(=O)O)O[C@H]7CSCC(C)(C)C(=O)O)O[C@H]6CSCC(C)(C)C(=O)O)O[C@H]5CSCC(C)(C)C(=O)O)O[C@H]4CSCC(C)(C)C(=O)O)O[C@H]3CSCC(C)(C)C(=O)O)C(=O)O. The Balaban J connectivity index is 1.18. The molecule has 0 spiro atoms. The first-order valence-electron chi connectivity index (χ1n) is 46.5. The van der Waals surface area contributed by atoms with Crippen LogP contribution in [0.4, 0.5) is 0 Å². The maximum atomic E-state index is 12.6. The lowest BCUT2D eigenvalue weighted by molar-refractivity contribution is -0.396. The highest BCUT2D eigenvalue weighted by Gasteiger charge is 2.62. The third-order valence-corrected chi connectivity index (χ3v) is 38.0. The molecule has 24 N–H and O–H groups in total. The van der Waals surface area contributed by atoms with Gasteiger partial charge in [0.2, 0.25) is 0 Å². The number of hydrogen-bond donors (Lipinski definition) is 24. The number of aliphatic carboxylic acids is 8. The van der Waals surface area contributed by atoms with Crippen molar-refractivity contribution in [2.75, 3.05) is 92.0 Å². The van der Waals surface area contributed by atoms with Crippen LogP contribution in [0.5, 0.6) is 0 Å². The summed E-state index contributed by atoms with van der Waals surface area (Å²) in [7, 11) is 0. The number of rotatable bonds is 40. The Hall–Kier alpha value is -2.72. The lowest BCUT2D eigenvalue weighted by Crippen LogP contribution is -2.69. The molecule has 832 valence electrons. The zero-order valence-corrected chi connectivity index (χ0v) is 88.7. The zero-order chi connectivity index (χ0) is 108. The van der Waals surface area contributed by atoms with Crippen molar-refractivity contribution in [3.63, 3.8) is 0 Å². The Morgan fingerprint density at radius 2 is 0.243 bits per heavy atom. The summed E-state index contributed by atoms with van der Waals surface area (Å²) in [6.07, 6.45) is -84.2. The smallest absolute Gasteiger partial charge is 0.309 e. The Labute approximate surface area is 865 Å². The number of ether oxygens (including phenoxy) is 16. The van der Waals surface area contributed by atoms with E-state index in [1.165, 1.54) is 111 Å². The number of carboxylic acid groups (broad SMARTS) is 8.